The average molecular weight is 427 g/mol. The number of H-pyrrole nitrogens is 1. The average Bonchev–Trinajstić information content (AvgIpc) is 2.96. The van der Waals surface area contributed by atoms with Gasteiger partial charge in [-0.15, -0.1) is 0 Å². The Kier molecular flexibility index (Phi) is 4.95. The lowest BCUT2D eigenvalue weighted by atomic mass is 10.1. The largest absolute Gasteiger partial charge is 0.478 e. The van der Waals surface area contributed by atoms with Crippen LogP contribution in [-0.2, 0) is 12.6 Å². The number of hydrogen-bond donors (Lipinski definition) is 3. The number of aromatic carboxylic acids is 1. The van der Waals surface area contributed by atoms with Crippen LogP contribution in [0.4, 0.5) is 18.9 Å². The second-order valence-corrected chi connectivity index (χ2v) is 6.66. The fourth-order valence-electron chi connectivity index (χ4n) is 2.75. The van der Waals surface area contributed by atoms with Gasteiger partial charge in [0.15, 0.2) is 0 Å². The number of aromatic amines is 1. The van der Waals surface area contributed by atoms with Crippen LogP contribution < -0.4 is 5.32 Å². The number of halogens is 4. The van der Waals surface area contributed by atoms with Crippen LogP contribution in [0.3, 0.4) is 0 Å². The number of carboxylic acids is 1. The molecule has 136 valence electrons. The number of hydrogen-bond acceptors (Lipinski definition) is 2. The van der Waals surface area contributed by atoms with E-state index in [4.69, 9.17) is 0 Å². The van der Waals surface area contributed by atoms with Gasteiger partial charge in [-0.2, -0.15) is 13.2 Å². The van der Waals surface area contributed by atoms with E-state index in [0.717, 1.165) is 33.1 Å². The van der Waals surface area contributed by atoms with Crippen LogP contribution in [-0.4, -0.2) is 22.6 Å². The maximum atomic E-state index is 12.8. The van der Waals surface area contributed by atoms with Crippen molar-refractivity contribution in [1.82, 2.24) is 4.98 Å². The quantitative estimate of drug-likeness (QED) is 0.518. The molecule has 0 amide bonds. The zero-order valence-electron chi connectivity index (χ0n) is 13.3. The molecule has 0 aliphatic carbocycles. The number of aromatic nitrogens is 1. The Balaban J connectivity index is 1.75. The van der Waals surface area contributed by atoms with Gasteiger partial charge in [0.1, 0.15) is 0 Å². The summed E-state index contributed by atoms with van der Waals surface area (Å²) in [6.45, 7) is 0.384. The first-order valence-electron chi connectivity index (χ1n) is 7.69. The molecule has 1 heterocycles. The van der Waals surface area contributed by atoms with Crippen molar-refractivity contribution in [3.63, 3.8) is 0 Å². The summed E-state index contributed by atoms with van der Waals surface area (Å²) >= 11 is 3.40. The number of carbonyl (C=O) groups is 1. The van der Waals surface area contributed by atoms with Crippen molar-refractivity contribution in [3.05, 3.63) is 63.8 Å². The van der Waals surface area contributed by atoms with Crippen LogP contribution in [0.15, 0.2) is 47.1 Å². The third kappa shape index (κ3) is 3.85. The molecule has 3 rings (SSSR count). The molecule has 4 nitrogen and oxygen atoms in total. The third-order valence-electron chi connectivity index (χ3n) is 4.02. The number of fused-ring (bicyclic) bond motifs is 1. The van der Waals surface area contributed by atoms with Gasteiger partial charge in [-0.1, -0.05) is 22.0 Å². The van der Waals surface area contributed by atoms with Gasteiger partial charge in [-0.25, -0.2) is 4.79 Å². The number of rotatable bonds is 5. The normalized spacial score (nSPS) is 11.7. The molecule has 3 N–H and O–H groups in total. The second-order valence-electron chi connectivity index (χ2n) is 5.74. The highest BCUT2D eigenvalue weighted by Crippen LogP contribution is 2.32. The predicted molar refractivity (Wildman–Crippen MR) is 96.6 cm³/mol. The third-order valence-corrected chi connectivity index (χ3v) is 4.51. The number of benzene rings is 2. The highest BCUT2D eigenvalue weighted by molar-refractivity contribution is 9.10. The van der Waals surface area contributed by atoms with Crippen LogP contribution >= 0.6 is 15.9 Å². The summed E-state index contributed by atoms with van der Waals surface area (Å²) in [4.78, 5) is 14.4. The van der Waals surface area contributed by atoms with E-state index < -0.39 is 23.3 Å². The first kappa shape index (κ1) is 18.3. The molecule has 0 aliphatic rings. The van der Waals surface area contributed by atoms with Gasteiger partial charge in [-0.05, 0) is 42.3 Å². The molecule has 0 radical (unpaired) electrons. The molecule has 26 heavy (non-hydrogen) atoms. The Hall–Kier alpha value is -2.48. The molecule has 0 spiro atoms. The van der Waals surface area contributed by atoms with E-state index in [-0.39, 0.29) is 5.69 Å². The number of anilines is 1. The van der Waals surface area contributed by atoms with Gasteiger partial charge in [0.25, 0.3) is 0 Å². The lowest BCUT2D eigenvalue weighted by molar-refractivity contribution is -0.137. The van der Waals surface area contributed by atoms with Crippen LogP contribution in [0.1, 0.15) is 21.5 Å². The lowest BCUT2D eigenvalue weighted by Gasteiger charge is -2.13. The molecule has 0 aliphatic heterocycles. The van der Waals surface area contributed by atoms with Gasteiger partial charge >= 0.3 is 12.1 Å². The van der Waals surface area contributed by atoms with E-state index >= 15 is 0 Å². The lowest BCUT2D eigenvalue weighted by Crippen LogP contribution is -2.12. The predicted octanol–water partition coefficient (Wildman–Crippen LogP) is 5.30. The molecule has 8 heteroatoms. The Morgan fingerprint density at radius 2 is 1.96 bits per heavy atom. The Morgan fingerprint density at radius 1 is 1.19 bits per heavy atom. The van der Waals surface area contributed by atoms with Crippen LogP contribution in [0.5, 0.6) is 0 Å². The van der Waals surface area contributed by atoms with Gasteiger partial charge in [0.05, 0.1) is 11.1 Å². The molecular formula is C18H14BrF3N2O2. The highest BCUT2D eigenvalue weighted by atomic mass is 79.9. The van der Waals surface area contributed by atoms with Crippen molar-refractivity contribution in [2.45, 2.75) is 12.6 Å². The molecule has 2 aromatic carbocycles. The minimum Gasteiger partial charge on any atom is -0.478 e. The van der Waals surface area contributed by atoms with Crippen molar-refractivity contribution >= 4 is 38.5 Å². The maximum Gasteiger partial charge on any atom is 0.416 e. The van der Waals surface area contributed by atoms with Crippen LogP contribution in [0.25, 0.3) is 10.9 Å². The topological polar surface area (TPSA) is 65.1 Å². The van der Waals surface area contributed by atoms with Gasteiger partial charge in [0, 0.05) is 33.8 Å². The Bertz CT molecular complexity index is 967. The summed E-state index contributed by atoms with van der Waals surface area (Å²) in [5.41, 5.74) is 0.775. The first-order chi connectivity index (χ1) is 12.3. The molecule has 0 unspecified atom stereocenters. The van der Waals surface area contributed by atoms with E-state index in [1.807, 2.05) is 24.4 Å². The monoisotopic (exact) mass is 426 g/mol. The molecule has 1 aromatic heterocycles. The molecule has 0 atom stereocenters. The summed E-state index contributed by atoms with van der Waals surface area (Å²) in [6, 6.07) is 8.51. The molecule has 3 aromatic rings. The van der Waals surface area contributed by atoms with Crippen LogP contribution in [0.2, 0.25) is 0 Å². The van der Waals surface area contributed by atoms with Crippen molar-refractivity contribution in [3.8, 4) is 0 Å². The van der Waals surface area contributed by atoms with Crippen molar-refractivity contribution in [2.75, 3.05) is 11.9 Å². The fourth-order valence-corrected chi connectivity index (χ4v) is 3.11. The van der Waals surface area contributed by atoms with E-state index in [9.17, 15) is 23.1 Å². The smallest absolute Gasteiger partial charge is 0.416 e. The van der Waals surface area contributed by atoms with E-state index in [1.165, 1.54) is 0 Å². The summed E-state index contributed by atoms with van der Waals surface area (Å²) in [5.74, 6) is -1.41. The molecule has 0 saturated heterocycles. The van der Waals surface area contributed by atoms with Crippen molar-refractivity contribution in [2.24, 2.45) is 0 Å². The SMILES string of the molecule is O=C(O)c1cc(C(F)(F)F)ccc1NCCc1c[nH]c2cc(Br)ccc12. The molecule has 0 bridgehead atoms. The maximum absolute atomic E-state index is 12.8. The Labute approximate surface area is 155 Å². The minimum absolute atomic E-state index is 0.160. The summed E-state index contributed by atoms with van der Waals surface area (Å²) in [6.07, 6.45) is -2.13. The summed E-state index contributed by atoms with van der Waals surface area (Å²) in [7, 11) is 0. The van der Waals surface area contributed by atoms with E-state index in [1.54, 1.807) is 0 Å². The molecular weight excluding hydrogens is 413 g/mol. The first-order valence-corrected chi connectivity index (χ1v) is 8.49. The van der Waals surface area contributed by atoms with Gasteiger partial charge in [0.2, 0.25) is 0 Å². The van der Waals surface area contributed by atoms with Gasteiger partial charge in [-0.3, -0.25) is 0 Å². The highest BCUT2D eigenvalue weighted by Gasteiger charge is 2.31. The zero-order valence-corrected chi connectivity index (χ0v) is 14.9. The number of nitrogens with one attached hydrogen (secondary N) is 2. The van der Waals surface area contributed by atoms with Crippen LogP contribution in [0, 0.1) is 0 Å². The molecule has 0 fully saturated rings. The van der Waals surface area contributed by atoms with Gasteiger partial charge < -0.3 is 15.4 Å². The summed E-state index contributed by atoms with van der Waals surface area (Å²) in [5, 5.41) is 13.1. The number of alkyl halides is 3. The standard InChI is InChI=1S/C18H14BrF3N2O2/c19-12-2-3-13-10(9-24-16(13)8-12)5-6-23-15-4-1-11(18(20,21)22)7-14(15)17(25)26/h1-4,7-9,23-24H,5-6H2,(H,25,26). The van der Waals surface area contributed by atoms with Crippen molar-refractivity contribution < 1.29 is 23.1 Å². The Morgan fingerprint density at radius 3 is 2.65 bits per heavy atom. The van der Waals surface area contributed by atoms with E-state index in [2.05, 4.69) is 26.2 Å². The van der Waals surface area contributed by atoms with E-state index in [0.29, 0.717) is 19.0 Å². The second kappa shape index (κ2) is 7.03. The minimum atomic E-state index is -4.58. The summed E-state index contributed by atoms with van der Waals surface area (Å²) < 4.78 is 39.2. The molecule has 0 saturated carbocycles. The fraction of sp³-hybridized carbons (Fsp3) is 0.167. The zero-order chi connectivity index (χ0) is 18.9. The van der Waals surface area contributed by atoms with Crippen molar-refractivity contribution in [1.29, 1.82) is 0 Å². The number of carboxylic acid groups (broad SMARTS) is 1.